The molecule has 27 heavy (non-hydrogen) atoms. The number of phenols is 1. The van der Waals surface area contributed by atoms with E-state index >= 15 is 0 Å². The van der Waals surface area contributed by atoms with Crippen LogP contribution in [0.25, 0.3) is 0 Å². The van der Waals surface area contributed by atoms with Crippen LogP contribution in [0.5, 0.6) is 5.75 Å². The van der Waals surface area contributed by atoms with Crippen molar-refractivity contribution in [2.24, 2.45) is 0 Å². The van der Waals surface area contributed by atoms with Crippen molar-refractivity contribution in [1.29, 1.82) is 0 Å². The second-order valence-corrected chi connectivity index (χ2v) is 7.88. The second kappa shape index (κ2) is 15.5. The summed E-state index contributed by atoms with van der Waals surface area (Å²) in [7, 11) is 0. The van der Waals surface area contributed by atoms with Gasteiger partial charge in [-0.15, -0.1) is 0 Å². The molecule has 0 aliphatic rings. The number of rotatable bonds is 17. The van der Waals surface area contributed by atoms with E-state index in [4.69, 9.17) is 5.11 Å². The number of carboxylic acid groups (broad SMARTS) is 1. The Hall–Kier alpha value is -1.51. The second-order valence-electron chi connectivity index (χ2n) is 7.88. The molecule has 0 amide bonds. The number of hydrogen-bond donors (Lipinski definition) is 2. The molecule has 0 spiro atoms. The SMILES string of the molecule is CCCCCCCCCCCCCCCC(CC(=O)O)c1ccccc1O. The van der Waals surface area contributed by atoms with E-state index in [0.717, 1.165) is 24.8 Å². The normalized spacial score (nSPS) is 12.2. The van der Waals surface area contributed by atoms with Gasteiger partial charge in [-0.25, -0.2) is 0 Å². The average Bonchev–Trinajstić information content (AvgIpc) is 2.64. The number of benzene rings is 1. The Bertz CT molecular complexity index is 498. The molecule has 0 radical (unpaired) electrons. The summed E-state index contributed by atoms with van der Waals surface area (Å²) < 4.78 is 0. The highest BCUT2D eigenvalue weighted by Crippen LogP contribution is 2.32. The standard InChI is InChI=1S/C24H40O3/c1-2-3-4-5-6-7-8-9-10-11-12-13-14-17-21(20-24(26)27)22-18-15-16-19-23(22)25/h15-16,18-19,21,25H,2-14,17,20H2,1H3,(H,26,27). The van der Waals surface area contributed by atoms with Gasteiger partial charge in [-0.1, -0.05) is 109 Å². The monoisotopic (exact) mass is 376 g/mol. The molecule has 154 valence electrons. The van der Waals surface area contributed by atoms with Crippen molar-refractivity contribution in [1.82, 2.24) is 0 Å². The lowest BCUT2D eigenvalue weighted by molar-refractivity contribution is -0.137. The van der Waals surface area contributed by atoms with Crippen LogP contribution in [0.4, 0.5) is 0 Å². The molecule has 0 heterocycles. The van der Waals surface area contributed by atoms with Crippen molar-refractivity contribution in [3.63, 3.8) is 0 Å². The summed E-state index contributed by atoms with van der Waals surface area (Å²) in [6.07, 6.45) is 18.0. The van der Waals surface area contributed by atoms with Crippen LogP contribution >= 0.6 is 0 Å². The minimum Gasteiger partial charge on any atom is -0.508 e. The molecule has 0 aliphatic carbocycles. The molecule has 0 saturated carbocycles. The van der Waals surface area contributed by atoms with Crippen molar-refractivity contribution < 1.29 is 15.0 Å². The van der Waals surface area contributed by atoms with Gasteiger partial charge in [0.15, 0.2) is 0 Å². The molecule has 0 aromatic heterocycles. The fourth-order valence-electron chi connectivity index (χ4n) is 3.82. The highest BCUT2D eigenvalue weighted by atomic mass is 16.4. The first kappa shape index (κ1) is 23.5. The number of aromatic hydroxyl groups is 1. The predicted molar refractivity (Wildman–Crippen MR) is 113 cm³/mol. The number of unbranched alkanes of at least 4 members (excludes halogenated alkanes) is 12. The van der Waals surface area contributed by atoms with E-state index < -0.39 is 5.97 Å². The van der Waals surface area contributed by atoms with Crippen LogP contribution < -0.4 is 0 Å². The van der Waals surface area contributed by atoms with Gasteiger partial charge in [0.2, 0.25) is 0 Å². The summed E-state index contributed by atoms with van der Waals surface area (Å²) in [4.78, 5) is 11.1. The van der Waals surface area contributed by atoms with Crippen LogP contribution in [-0.4, -0.2) is 16.2 Å². The maximum absolute atomic E-state index is 11.1. The number of carbonyl (C=O) groups is 1. The Morgan fingerprint density at radius 3 is 1.78 bits per heavy atom. The summed E-state index contributed by atoms with van der Waals surface area (Å²) in [5, 5.41) is 19.2. The van der Waals surface area contributed by atoms with Gasteiger partial charge in [0.25, 0.3) is 0 Å². The van der Waals surface area contributed by atoms with Gasteiger partial charge in [0.1, 0.15) is 5.75 Å². The molecule has 0 fully saturated rings. The molecule has 0 aliphatic heterocycles. The molecule has 1 aromatic carbocycles. The minimum atomic E-state index is -0.794. The summed E-state index contributed by atoms with van der Waals surface area (Å²) in [5.74, 6) is -0.659. The minimum absolute atomic E-state index is 0.0867. The van der Waals surface area contributed by atoms with Gasteiger partial charge >= 0.3 is 5.97 Å². The number of para-hydroxylation sites is 1. The van der Waals surface area contributed by atoms with Gasteiger partial charge in [0, 0.05) is 0 Å². The molecule has 3 heteroatoms. The molecule has 0 bridgehead atoms. The number of aliphatic carboxylic acids is 1. The maximum Gasteiger partial charge on any atom is 0.303 e. The third kappa shape index (κ3) is 11.7. The average molecular weight is 377 g/mol. The van der Waals surface area contributed by atoms with E-state index in [9.17, 15) is 9.90 Å². The summed E-state index contributed by atoms with van der Waals surface area (Å²) in [6.45, 7) is 2.26. The van der Waals surface area contributed by atoms with Crippen molar-refractivity contribution >= 4 is 5.97 Å². The van der Waals surface area contributed by atoms with Gasteiger partial charge in [0.05, 0.1) is 6.42 Å². The van der Waals surface area contributed by atoms with Crippen molar-refractivity contribution in [2.45, 2.75) is 109 Å². The molecular weight excluding hydrogens is 336 g/mol. The molecule has 1 rings (SSSR count). The van der Waals surface area contributed by atoms with Crippen LogP contribution in [0, 0.1) is 0 Å². The van der Waals surface area contributed by atoms with Gasteiger partial charge in [-0.3, -0.25) is 4.79 Å². The number of carboxylic acids is 1. The first-order valence-corrected chi connectivity index (χ1v) is 11.1. The lowest BCUT2D eigenvalue weighted by atomic mass is 9.89. The summed E-state index contributed by atoms with van der Waals surface area (Å²) >= 11 is 0. The van der Waals surface area contributed by atoms with Gasteiger partial charge in [-0.2, -0.15) is 0 Å². The zero-order valence-electron chi connectivity index (χ0n) is 17.3. The summed E-state index contributed by atoms with van der Waals surface area (Å²) in [6, 6.07) is 7.15. The quantitative estimate of drug-likeness (QED) is 0.278. The van der Waals surface area contributed by atoms with E-state index in [0.29, 0.717) is 0 Å². The smallest absolute Gasteiger partial charge is 0.303 e. The number of phenolic OH excluding ortho intramolecular Hbond substituents is 1. The van der Waals surface area contributed by atoms with Gasteiger partial charge < -0.3 is 10.2 Å². The largest absolute Gasteiger partial charge is 0.508 e. The molecule has 1 atom stereocenters. The highest BCUT2D eigenvalue weighted by molar-refractivity contribution is 5.68. The van der Waals surface area contributed by atoms with E-state index in [-0.39, 0.29) is 18.1 Å². The Labute approximate surface area is 166 Å². The Morgan fingerprint density at radius 2 is 1.30 bits per heavy atom. The Balaban J connectivity index is 2.08. The Kier molecular flexibility index (Phi) is 13.5. The first-order valence-electron chi connectivity index (χ1n) is 11.1. The molecule has 1 aromatic rings. The van der Waals surface area contributed by atoms with Crippen LogP contribution in [0.2, 0.25) is 0 Å². The zero-order valence-corrected chi connectivity index (χ0v) is 17.3. The summed E-state index contributed by atoms with van der Waals surface area (Å²) in [5.41, 5.74) is 0.777. The number of hydrogen-bond acceptors (Lipinski definition) is 2. The van der Waals surface area contributed by atoms with E-state index in [1.807, 2.05) is 12.1 Å². The van der Waals surface area contributed by atoms with Crippen LogP contribution in [0.3, 0.4) is 0 Å². The molecule has 1 unspecified atom stereocenters. The predicted octanol–water partition coefficient (Wildman–Crippen LogP) is 7.43. The first-order chi connectivity index (χ1) is 13.1. The van der Waals surface area contributed by atoms with E-state index in [1.165, 1.54) is 70.6 Å². The van der Waals surface area contributed by atoms with Gasteiger partial charge in [-0.05, 0) is 24.0 Å². The maximum atomic E-state index is 11.1. The third-order valence-electron chi connectivity index (χ3n) is 5.45. The van der Waals surface area contributed by atoms with Crippen molar-refractivity contribution in [3.05, 3.63) is 29.8 Å². The van der Waals surface area contributed by atoms with E-state index in [2.05, 4.69) is 6.92 Å². The molecule has 0 saturated heterocycles. The fraction of sp³-hybridized carbons (Fsp3) is 0.708. The lowest BCUT2D eigenvalue weighted by Gasteiger charge is -2.16. The topological polar surface area (TPSA) is 57.5 Å². The van der Waals surface area contributed by atoms with Crippen LogP contribution in [-0.2, 0) is 4.79 Å². The lowest BCUT2D eigenvalue weighted by Crippen LogP contribution is -2.07. The molecular formula is C24H40O3. The van der Waals surface area contributed by atoms with Crippen molar-refractivity contribution in [3.8, 4) is 5.75 Å². The Morgan fingerprint density at radius 1 is 0.815 bits per heavy atom. The molecule has 3 nitrogen and oxygen atoms in total. The van der Waals surface area contributed by atoms with Crippen LogP contribution in [0.1, 0.15) is 115 Å². The van der Waals surface area contributed by atoms with Crippen LogP contribution in [0.15, 0.2) is 24.3 Å². The fourth-order valence-corrected chi connectivity index (χ4v) is 3.82. The zero-order chi connectivity index (χ0) is 19.7. The molecule has 2 N–H and O–H groups in total. The third-order valence-corrected chi connectivity index (χ3v) is 5.45. The highest BCUT2D eigenvalue weighted by Gasteiger charge is 2.18. The van der Waals surface area contributed by atoms with E-state index in [1.54, 1.807) is 12.1 Å². The van der Waals surface area contributed by atoms with Crippen molar-refractivity contribution in [2.75, 3.05) is 0 Å².